The van der Waals surface area contributed by atoms with E-state index in [2.05, 4.69) is 6.92 Å². The van der Waals surface area contributed by atoms with Gasteiger partial charge in [0.15, 0.2) is 0 Å². The van der Waals surface area contributed by atoms with Crippen LogP contribution in [-0.2, 0) is 14.4 Å². The number of carbonyl (C=O) groups excluding carboxylic acids is 3. The molecule has 0 aromatic carbocycles. The highest BCUT2D eigenvalue weighted by molar-refractivity contribution is 5.26. The van der Waals surface area contributed by atoms with E-state index in [1.165, 1.54) is 51.4 Å². The van der Waals surface area contributed by atoms with Gasteiger partial charge in [0.05, 0.1) is 0 Å². The SMILES string of the molecule is CCCCC1CCCCC1.N=C=O.N=C=O.N=C=O. The molecule has 0 spiro atoms. The Labute approximate surface area is 114 Å². The number of hydrogen-bond acceptors (Lipinski definition) is 6. The Morgan fingerprint density at radius 2 is 1.26 bits per heavy atom. The van der Waals surface area contributed by atoms with Crippen molar-refractivity contribution in [3.63, 3.8) is 0 Å². The van der Waals surface area contributed by atoms with E-state index >= 15 is 0 Å². The third kappa shape index (κ3) is 31.4. The van der Waals surface area contributed by atoms with E-state index in [1.807, 2.05) is 0 Å². The van der Waals surface area contributed by atoms with E-state index in [1.54, 1.807) is 0 Å². The van der Waals surface area contributed by atoms with Crippen LogP contribution in [0, 0.1) is 22.1 Å². The third-order valence-corrected chi connectivity index (χ3v) is 2.69. The van der Waals surface area contributed by atoms with Crippen molar-refractivity contribution in [2.75, 3.05) is 0 Å². The van der Waals surface area contributed by atoms with Gasteiger partial charge in [0.2, 0.25) is 18.2 Å². The van der Waals surface area contributed by atoms with E-state index in [0.717, 1.165) is 24.2 Å². The Morgan fingerprint density at radius 3 is 1.58 bits per heavy atom. The van der Waals surface area contributed by atoms with Crippen LogP contribution in [0.25, 0.3) is 0 Å². The second-order valence-corrected chi connectivity index (χ2v) is 3.95. The zero-order chi connectivity index (χ0) is 15.4. The maximum absolute atomic E-state index is 8.35. The minimum Gasteiger partial charge on any atom is -0.222 e. The van der Waals surface area contributed by atoms with Crippen LogP contribution < -0.4 is 0 Å². The number of nitrogens with one attached hydrogen (secondary N) is 3. The molecule has 1 aliphatic carbocycles. The molecule has 19 heavy (non-hydrogen) atoms. The van der Waals surface area contributed by atoms with Crippen molar-refractivity contribution < 1.29 is 14.4 Å². The summed E-state index contributed by atoms with van der Waals surface area (Å²) in [5.74, 6) is 1.11. The molecule has 1 fully saturated rings. The molecule has 0 atom stereocenters. The normalized spacial score (nSPS) is 12.5. The van der Waals surface area contributed by atoms with Gasteiger partial charge < -0.3 is 0 Å². The van der Waals surface area contributed by atoms with E-state index in [9.17, 15) is 0 Å². The van der Waals surface area contributed by atoms with Crippen LogP contribution in [0.1, 0.15) is 58.3 Å². The molecule has 0 aromatic heterocycles. The Morgan fingerprint density at radius 1 is 0.895 bits per heavy atom. The van der Waals surface area contributed by atoms with Gasteiger partial charge >= 0.3 is 0 Å². The molecule has 1 saturated carbocycles. The molecule has 3 N–H and O–H groups in total. The molecule has 1 aliphatic rings. The Hall–Kier alpha value is -1.86. The first-order chi connectivity index (χ1) is 9.17. The average Bonchev–Trinajstić information content (AvgIpc) is 2.40. The van der Waals surface area contributed by atoms with E-state index in [0.29, 0.717) is 0 Å². The topological polar surface area (TPSA) is 123 Å². The lowest BCUT2D eigenvalue weighted by Crippen LogP contribution is -2.05. The summed E-state index contributed by atoms with van der Waals surface area (Å²) < 4.78 is 0. The van der Waals surface area contributed by atoms with E-state index in [4.69, 9.17) is 30.6 Å². The molecule has 108 valence electrons. The highest BCUT2D eigenvalue weighted by Crippen LogP contribution is 2.27. The van der Waals surface area contributed by atoms with Gasteiger partial charge in [0, 0.05) is 0 Å². The molecule has 6 heteroatoms. The fourth-order valence-electron chi connectivity index (χ4n) is 1.97. The molecule has 0 amide bonds. The van der Waals surface area contributed by atoms with Gasteiger partial charge in [0.1, 0.15) is 0 Å². The van der Waals surface area contributed by atoms with Crippen LogP contribution in [0.15, 0.2) is 0 Å². The molecule has 0 aromatic rings. The van der Waals surface area contributed by atoms with Crippen molar-refractivity contribution >= 4 is 18.2 Å². The predicted molar refractivity (Wildman–Crippen MR) is 71.3 cm³/mol. The van der Waals surface area contributed by atoms with Gasteiger partial charge in [-0.2, -0.15) is 0 Å². The van der Waals surface area contributed by atoms with Gasteiger partial charge in [-0.3, -0.25) is 0 Å². The molecule has 6 nitrogen and oxygen atoms in total. The molecule has 0 unspecified atom stereocenters. The molecule has 1 rings (SSSR count). The summed E-state index contributed by atoms with van der Waals surface area (Å²) in [6, 6.07) is 0. The van der Waals surface area contributed by atoms with Crippen LogP contribution in [0.4, 0.5) is 0 Å². The summed E-state index contributed by atoms with van der Waals surface area (Å²) in [4.78, 5) is 25.0. The first-order valence-electron chi connectivity index (χ1n) is 6.29. The van der Waals surface area contributed by atoms with Crippen molar-refractivity contribution in [3.8, 4) is 0 Å². The summed E-state index contributed by atoms with van der Waals surface area (Å²) in [5.41, 5.74) is 0. The van der Waals surface area contributed by atoms with Crippen LogP contribution in [-0.4, -0.2) is 18.2 Å². The largest absolute Gasteiger partial charge is 0.231 e. The molecule has 0 radical (unpaired) electrons. The Balaban J connectivity index is -0.000000238. The fraction of sp³-hybridized carbons (Fsp3) is 0.769. The maximum Gasteiger partial charge on any atom is 0.231 e. The number of isocyanates is 3. The van der Waals surface area contributed by atoms with E-state index < -0.39 is 0 Å². The Bertz CT molecular complexity index is 240. The lowest BCUT2D eigenvalue weighted by molar-refractivity contribution is 0.331. The zero-order valence-electron chi connectivity index (χ0n) is 11.5. The minimum absolute atomic E-state index is 0.750. The molecule has 0 saturated heterocycles. The van der Waals surface area contributed by atoms with Crippen LogP contribution in [0.5, 0.6) is 0 Å². The van der Waals surface area contributed by atoms with Gasteiger partial charge in [-0.25, -0.2) is 30.6 Å². The molecule has 0 aliphatic heterocycles. The Kier molecular flexibility index (Phi) is 29.5. The smallest absolute Gasteiger partial charge is 0.222 e. The van der Waals surface area contributed by atoms with Crippen LogP contribution in [0.3, 0.4) is 0 Å². The quantitative estimate of drug-likeness (QED) is 0.536. The van der Waals surface area contributed by atoms with Gasteiger partial charge in [-0.15, -0.1) is 0 Å². The van der Waals surface area contributed by atoms with Gasteiger partial charge in [-0.05, 0) is 5.92 Å². The maximum atomic E-state index is 8.35. The molecule has 0 bridgehead atoms. The second-order valence-electron chi connectivity index (χ2n) is 3.95. The zero-order valence-corrected chi connectivity index (χ0v) is 11.5. The van der Waals surface area contributed by atoms with Gasteiger partial charge in [0.25, 0.3) is 0 Å². The minimum atomic E-state index is 0.750. The van der Waals surface area contributed by atoms with Crippen molar-refractivity contribution in [1.29, 1.82) is 16.2 Å². The van der Waals surface area contributed by atoms with Crippen molar-refractivity contribution in [2.45, 2.75) is 58.3 Å². The predicted octanol–water partition coefficient (Wildman–Crippen LogP) is 3.46. The first kappa shape index (κ1) is 22.3. The van der Waals surface area contributed by atoms with Crippen LogP contribution >= 0.6 is 0 Å². The first-order valence-corrected chi connectivity index (χ1v) is 6.29. The summed E-state index contributed by atoms with van der Waals surface area (Å²) in [7, 11) is 0. The third-order valence-electron chi connectivity index (χ3n) is 2.69. The lowest BCUT2D eigenvalue weighted by Gasteiger charge is -2.20. The summed E-state index contributed by atoms with van der Waals surface area (Å²) >= 11 is 0. The number of unbranched alkanes of at least 4 members (excludes halogenated alkanes) is 1. The molecular formula is C13H23N3O3. The summed E-state index contributed by atoms with van der Waals surface area (Å²) in [6.07, 6.45) is 14.2. The van der Waals surface area contributed by atoms with Crippen LogP contribution in [0.2, 0.25) is 0 Å². The fourth-order valence-corrected chi connectivity index (χ4v) is 1.97. The highest BCUT2D eigenvalue weighted by Gasteiger charge is 2.11. The van der Waals surface area contributed by atoms with Crippen molar-refractivity contribution in [3.05, 3.63) is 0 Å². The monoisotopic (exact) mass is 269 g/mol. The van der Waals surface area contributed by atoms with Gasteiger partial charge in [-0.1, -0.05) is 58.3 Å². The summed E-state index contributed by atoms with van der Waals surface area (Å²) in [5, 5.41) is 16.2. The molecular weight excluding hydrogens is 246 g/mol. The summed E-state index contributed by atoms with van der Waals surface area (Å²) in [6.45, 7) is 2.29. The highest BCUT2D eigenvalue weighted by atomic mass is 16.1. The molecule has 0 heterocycles. The van der Waals surface area contributed by atoms with E-state index in [-0.39, 0.29) is 0 Å². The lowest BCUT2D eigenvalue weighted by atomic mass is 9.86. The average molecular weight is 269 g/mol. The number of hydrogen-bond donors (Lipinski definition) is 3. The number of rotatable bonds is 3. The second kappa shape index (κ2) is 25.1. The standard InChI is InChI=1S/C10H20.3CHNO/c1-2-3-7-10-8-5-4-6-9-10;3*2-1-3/h10H,2-9H2,1H3;3*2H. The van der Waals surface area contributed by atoms with Crippen molar-refractivity contribution in [1.82, 2.24) is 0 Å². The van der Waals surface area contributed by atoms with Crippen molar-refractivity contribution in [2.24, 2.45) is 5.92 Å².